The standard InChI is InChI=1S/C24H23N5O4S/c1-15-16(2)27-29(17(15)3)23-13-24(26-14-25-23)33-20-6-4-19(5-7-20)28-34(30,31)21-8-9-22-18(12-21)10-11-32-22/h4-9,12-14,28H,10-11H2,1-3H3. The quantitative estimate of drug-likeness (QED) is 0.445. The topological polar surface area (TPSA) is 108 Å². The Morgan fingerprint density at radius 3 is 2.56 bits per heavy atom. The fraction of sp³-hybridized carbons (Fsp3) is 0.208. The average molecular weight is 478 g/mol. The van der Waals surface area contributed by atoms with Crippen molar-refractivity contribution in [1.82, 2.24) is 19.7 Å². The van der Waals surface area contributed by atoms with Crippen molar-refractivity contribution in [3.63, 3.8) is 0 Å². The van der Waals surface area contributed by atoms with Gasteiger partial charge in [0.2, 0.25) is 5.88 Å². The Morgan fingerprint density at radius 2 is 1.82 bits per heavy atom. The molecule has 0 atom stereocenters. The van der Waals surface area contributed by atoms with Crippen LogP contribution in [0.4, 0.5) is 5.69 Å². The maximum Gasteiger partial charge on any atom is 0.261 e. The van der Waals surface area contributed by atoms with Crippen LogP contribution in [0.25, 0.3) is 5.82 Å². The van der Waals surface area contributed by atoms with Crippen LogP contribution in [0.15, 0.2) is 59.8 Å². The van der Waals surface area contributed by atoms with Gasteiger partial charge in [-0.05, 0) is 74.4 Å². The fourth-order valence-electron chi connectivity index (χ4n) is 3.70. The van der Waals surface area contributed by atoms with Crippen molar-refractivity contribution in [2.24, 2.45) is 0 Å². The van der Waals surface area contributed by atoms with Gasteiger partial charge in [0.25, 0.3) is 10.0 Å². The van der Waals surface area contributed by atoms with E-state index >= 15 is 0 Å². The van der Waals surface area contributed by atoms with Crippen LogP contribution >= 0.6 is 0 Å². The smallest absolute Gasteiger partial charge is 0.261 e. The highest BCUT2D eigenvalue weighted by molar-refractivity contribution is 7.92. The summed E-state index contributed by atoms with van der Waals surface area (Å²) in [5.41, 5.74) is 4.35. The summed E-state index contributed by atoms with van der Waals surface area (Å²) in [4.78, 5) is 8.67. The van der Waals surface area contributed by atoms with E-state index in [4.69, 9.17) is 9.47 Å². The SMILES string of the molecule is Cc1nn(-c2cc(Oc3ccc(NS(=O)(=O)c4ccc5c(c4)CCO5)cc3)ncn2)c(C)c1C. The van der Waals surface area contributed by atoms with E-state index in [-0.39, 0.29) is 4.90 Å². The van der Waals surface area contributed by atoms with Crippen LogP contribution in [0.2, 0.25) is 0 Å². The lowest BCUT2D eigenvalue weighted by molar-refractivity contribution is 0.356. The third-order valence-electron chi connectivity index (χ3n) is 5.80. The molecule has 3 heterocycles. The molecule has 1 aliphatic rings. The van der Waals surface area contributed by atoms with Crippen LogP contribution in [-0.4, -0.2) is 34.8 Å². The van der Waals surface area contributed by atoms with Crippen molar-refractivity contribution in [1.29, 1.82) is 0 Å². The molecule has 0 spiro atoms. The minimum Gasteiger partial charge on any atom is -0.493 e. The second-order valence-corrected chi connectivity index (χ2v) is 9.70. The number of ether oxygens (including phenoxy) is 2. The summed E-state index contributed by atoms with van der Waals surface area (Å²) < 4.78 is 41.2. The number of hydrogen-bond donors (Lipinski definition) is 1. The molecule has 0 saturated carbocycles. The zero-order valence-corrected chi connectivity index (χ0v) is 19.8. The van der Waals surface area contributed by atoms with Gasteiger partial charge in [0.1, 0.15) is 17.8 Å². The van der Waals surface area contributed by atoms with Gasteiger partial charge in [-0.15, -0.1) is 0 Å². The third-order valence-corrected chi connectivity index (χ3v) is 7.18. The minimum absolute atomic E-state index is 0.199. The van der Waals surface area contributed by atoms with Crippen molar-refractivity contribution >= 4 is 15.7 Å². The van der Waals surface area contributed by atoms with Gasteiger partial charge in [-0.2, -0.15) is 5.10 Å². The van der Waals surface area contributed by atoms with Crippen molar-refractivity contribution in [3.8, 4) is 23.2 Å². The molecule has 2 aromatic carbocycles. The van der Waals surface area contributed by atoms with Crippen LogP contribution < -0.4 is 14.2 Å². The highest BCUT2D eigenvalue weighted by atomic mass is 32.2. The molecule has 0 bridgehead atoms. The average Bonchev–Trinajstić information content (AvgIpc) is 3.40. The van der Waals surface area contributed by atoms with Crippen molar-refractivity contribution in [2.45, 2.75) is 32.1 Å². The van der Waals surface area contributed by atoms with E-state index < -0.39 is 10.0 Å². The molecule has 4 aromatic rings. The monoisotopic (exact) mass is 477 g/mol. The van der Waals surface area contributed by atoms with E-state index in [1.807, 2.05) is 20.8 Å². The number of fused-ring (bicyclic) bond motifs is 1. The number of sulfonamides is 1. The Hall–Kier alpha value is -3.92. The maximum atomic E-state index is 12.8. The molecule has 0 unspecified atom stereocenters. The van der Waals surface area contributed by atoms with Gasteiger partial charge in [0.15, 0.2) is 5.82 Å². The molecule has 174 valence electrons. The first-order chi connectivity index (χ1) is 16.3. The molecule has 10 heteroatoms. The second kappa shape index (κ2) is 8.45. The fourth-order valence-corrected chi connectivity index (χ4v) is 4.81. The van der Waals surface area contributed by atoms with Crippen LogP contribution in [0, 0.1) is 20.8 Å². The predicted molar refractivity (Wildman–Crippen MR) is 126 cm³/mol. The number of rotatable bonds is 6. The Balaban J connectivity index is 1.31. The number of benzene rings is 2. The molecule has 0 radical (unpaired) electrons. The Labute approximate surface area is 197 Å². The van der Waals surface area contributed by atoms with Crippen molar-refractivity contribution < 1.29 is 17.9 Å². The molecule has 2 aromatic heterocycles. The van der Waals surface area contributed by atoms with Crippen LogP contribution in [0.3, 0.4) is 0 Å². The molecular formula is C24H23N5O4S. The van der Waals surface area contributed by atoms with E-state index in [0.29, 0.717) is 36.2 Å². The zero-order chi connectivity index (χ0) is 23.9. The molecule has 9 nitrogen and oxygen atoms in total. The number of hydrogen-bond acceptors (Lipinski definition) is 7. The first kappa shape index (κ1) is 21.9. The third kappa shape index (κ3) is 4.19. The summed E-state index contributed by atoms with van der Waals surface area (Å²) in [6.07, 6.45) is 2.12. The summed E-state index contributed by atoms with van der Waals surface area (Å²) in [5, 5.41) is 4.52. The Morgan fingerprint density at radius 1 is 1.03 bits per heavy atom. The van der Waals surface area contributed by atoms with Gasteiger partial charge < -0.3 is 9.47 Å². The molecule has 0 aliphatic carbocycles. The van der Waals surface area contributed by atoms with Crippen molar-refractivity contribution in [3.05, 3.63) is 77.4 Å². The Kier molecular flexibility index (Phi) is 5.45. The molecule has 5 rings (SSSR count). The van der Waals surface area contributed by atoms with Gasteiger partial charge in [-0.25, -0.2) is 23.1 Å². The van der Waals surface area contributed by atoms with Crippen molar-refractivity contribution in [2.75, 3.05) is 11.3 Å². The lowest BCUT2D eigenvalue weighted by atomic mass is 10.2. The molecule has 0 amide bonds. The van der Waals surface area contributed by atoms with Gasteiger partial charge in [0.05, 0.1) is 17.2 Å². The summed E-state index contributed by atoms with van der Waals surface area (Å²) >= 11 is 0. The van der Waals surface area contributed by atoms with E-state index in [1.54, 1.807) is 53.2 Å². The number of aromatic nitrogens is 4. The number of nitrogens with one attached hydrogen (secondary N) is 1. The molecule has 1 N–H and O–H groups in total. The first-order valence-electron chi connectivity index (χ1n) is 10.7. The molecule has 34 heavy (non-hydrogen) atoms. The highest BCUT2D eigenvalue weighted by Crippen LogP contribution is 2.29. The van der Waals surface area contributed by atoms with Crippen LogP contribution in [0.5, 0.6) is 17.4 Å². The number of nitrogens with zero attached hydrogens (tertiary/aromatic N) is 4. The van der Waals surface area contributed by atoms with E-state index in [0.717, 1.165) is 28.3 Å². The largest absolute Gasteiger partial charge is 0.493 e. The van der Waals surface area contributed by atoms with Gasteiger partial charge in [0, 0.05) is 23.9 Å². The Bertz CT molecular complexity index is 1480. The minimum atomic E-state index is -3.73. The van der Waals surface area contributed by atoms with Gasteiger partial charge in [-0.1, -0.05) is 0 Å². The molecule has 0 saturated heterocycles. The van der Waals surface area contributed by atoms with E-state index in [1.165, 1.54) is 6.33 Å². The van der Waals surface area contributed by atoms with Gasteiger partial charge in [-0.3, -0.25) is 4.72 Å². The summed E-state index contributed by atoms with van der Waals surface area (Å²) in [7, 11) is -3.73. The zero-order valence-electron chi connectivity index (χ0n) is 18.9. The van der Waals surface area contributed by atoms with Gasteiger partial charge >= 0.3 is 0 Å². The molecule has 1 aliphatic heterocycles. The van der Waals surface area contributed by atoms with Crippen LogP contribution in [-0.2, 0) is 16.4 Å². The summed E-state index contributed by atoms with van der Waals surface area (Å²) in [5.74, 6) is 2.19. The first-order valence-corrected chi connectivity index (χ1v) is 12.2. The maximum absolute atomic E-state index is 12.8. The highest BCUT2D eigenvalue weighted by Gasteiger charge is 2.19. The lowest BCUT2D eigenvalue weighted by Crippen LogP contribution is -2.13. The number of aryl methyl sites for hydroxylation is 1. The lowest BCUT2D eigenvalue weighted by Gasteiger charge is -2.11. The predicted octanol–water partition coefficient (Wildman–Crippen LogP) is 4.12. The van der Waals surface area contributed by atoms with Crippen LogP contribution in [0.1, 0.15) is 22.5 Å². The normalized spacial score (nSPS) is 12.8. The van der Waals surface area contributed by atoms with E-state index in [2.05, 4.69) is 19.8 Å². The summed E-state index contributed by atoms with van der Waals surface area (Å²) in [6, 6.07) is 13.2. The summed E-state index contributed by atoms with van der Waals surface area (Å²) in [6.45, 7) is 6.52. The molecule has 0 fully saturated rings. The number of anilines is 1. The second-order valence-electron chi connectivity index (χ2n) is 8.02. The van der Waals surface area contributed by atoms with E-state index in [9.17, 15) is 8.42 Å². The molecular weight excluding hydrogens is 454 g/mol.